The van der Waals surface area contributed by atoms with Crippen LogP contribution in [0.2, 0.25) is 0 Å². The van der Waals surface area contributed by atoms with Gasteiger partial charge in [-0.1, -0.05) is 25.1 Å². The highest BCUT2D eigenvalue weighted by atomic mass is 16.2. The summed E-state index contributed by atoms with van der Waals surface area (Å²) in [6.45, 7) is 6.60. The van der Waals surface area contributed by atoms with Gasteiger partial charge in [-0.3, -0.25) is 14.4 Å². The molecule has 158 valence electrons. The van der Waals surface area contributed by atoms with Crippen LogP contribution in [0, 0.1) is 0 Å². The molecule has 2 aromatic rings. The minimum atomic E-state index is -0.143. The number of rotatable bonds is 6. The van der Waals surface area contributed by atoms with Gasteiger partial charge in [-0.25, -0.2) is 0 Å². The number of hydrogen-bond acceptors (Lipinski definition) is 3. The first-order valence-electron chi connectivity index (χ1n) is 10.3. The van der Waals surface area contributed by atoms with Crippen LogP contribution in [-0.4, -0.2) is 55.3 Å². The third kappa shape index (κ3) is 5.67. The summed E-state index contributed by atoms with van der Waals surface area (Å²) in [6, 6.07) is 14.8. The van der Waals surface area contributed by atoms with Gasteiger partial charge >= 0.3 is 0 Å². The topological polar surface area (TPSA) is 82.9 Å². The minimum Gasteiger partial charge on any atom is -0.327 e. The quantitative estimate of drug-likeness (QED) is 0.670. The standard InChI is InChI=1S/C23H28N4O3/c1-3-18-6-4-5-7-21(18)25-22(29)16-26-12-14-27(15-13-26)23(30)19-8-10-20(11-9-19)24-17(2)28/h4-11H,3,12-16H2,1-2H3,(H,24,28)(H,25,29)/p+1. The number of carbonyl (C=O) groups excluding carboxylic acids is 3. The van der Waals surface area contributed by atoms with Crippen molar-refractivity contribution in [3.8, 4) is 0 Å². The Morgan fingerprint density at radius 3 is 2.27 bits per heavy atom. The number of quaternary nitrogens is 1. The molecule has 3 amide bonds. The Hall–Kier alpha value is -3.19. The van der Waals surface area contributed by atoms with Crippen molar-refractivity contribution >= 4 is 29.1 Å². The molecule has 1 aliphatic heterocycles. The second-order valence-electron chi connectivity index (χ2n) is 7.54. The zero-order valence-corrected chi connectivity index (χ0v) is 17.5. The fourth-order valence-corrected chi connectivity index (χ4v) is 3.66. The van der Waals surface area contributed by atoms with Crippen LogP contribution in [0.25, 0.3) is 0 Å². The number of hydrogen-bond donors (Lipinski definition) is 3. The summed E-state index contributed by atoms with van der Waals surface area (Å²) in [6.07, 6.45) is 0.871. The summed E-state index contributed by atoms with van der Waals surface area (Å²) in [7, 11) is 0. The Balaban J connectivity index is 1.49. The second-order valence-corrected chi connectivity index (χ2v) is 7.54. The minimum absolute atomic E-state index is 0.000707. The molecule has 2 aromatic carbocycles. The van der Waals surface area contributed by atoms with Crippen molar-refractivity contribution in [3.63, 3.8) is 0 Å². The van der Waals surface area contributed by atoms with Crippen LogP contribution in [-0.2, 0) is 16.0 Å². The first-order chi connectivity index (χ1) is 14.5. The Kier molecular flexibility index (Phi) is 7.19. The molecular formula is C23H29N4O3+. The van der Waals surface area contributed by atoms with E-state index in [9.17, 15) is 14.4 Å². The van der Waals surface area contributed by atoms with Crippen LogP contribution in [0.15, 0.2) is 48.5 Å². The first kappa shape index (κ1) is 21.5. The number of nitrogens with zero attached hydrogens (tertiary/aromatic N) is 1. The lowest BCUT2D eigenvalue weighted by molar-refractivity contribution is -0.895. The molecule has 0 spiro atoms. The number of nitrogens with one attached hydrogen (secondary N) is 3. The molecule has 0 saturated carbocycles. The monoisotopic (exact) mass is 409 g/mol. The highest BCUT2D eigenvalue weighted by Crippen LogP contribution is 2.15. The van der Waals surface area contributed by atoms with E-state index in [4.69, 9.17) is 0 Å². The van der Waals surface area contributed by atoms with E-state index < -0.39 is 0 Å². The van der Waals surface area contributed by atoms with E-state index in [0.29, 0.717) is 30.9 Å². The molecular weight excluding hydrogens is 380 g/mol. The van der Waals surface area contributed by atoms with Gasteiger partial charge in [0.1, 0.15) is 0 Å². The summed E-state index contributed by atoms with van der Waals surface area (Å²) in [5, 5.41) is 5.71. The predicted molar refractivity (Wildman–Crippen MR) is 117 cm³/mol. The lowest BCUT2D eigenvalue weighted by atomic mass is 10.1. The lowest BCUT2D eigenvalue weighted by Crippen LogP contribution is -3.15. The Morgan fingerprint density at radius 2 is 1.63 bits per heavy atom. The van der Waals surface area contributed by atoms with E-state index >= 15 is 0 Å². The van der Waals surface area contributed by atoms with Crippen molar-refractivity contribution in [1.82, 2.24) is 4.90 Å². The molecule has 30 heavy (non-hydrogen) atoms. The van der Waals surface area contributed by atoms with Gasteiger partial charge in [-0.05, 0) is 42.3 Å². The maximum Gasteiger partial charge on any atom is 0.279 e. The van der Waals surface area contributed by atoms with Gasteiger partial charge in [-0.15, -0.1) is 0 Å². The van der Waals surface area contributed by atoms with Crippen LogP contribution in [0.4, 0.5) is 11.4 Å². The zero-order chi connectivity index (χ0) is 21.5. The van der Waals surface area contributed by atoms with E-state index in [2.05, 4.69) is 17.6 Å². The molecule has 1 fully saturated rings. The van der Waals surface area contributed by atoms with E-state index in [1.165, 1.54) is 11.8 Å². The highest BCUT2D eigenvalue weighted by molar-refractivity contribution is 5.95. The average molecular weight is 410 g/mol. The fourth-order valence-electron chi connectivity index (χ4n) is 3.66. The van der Waals surface area contributed by atoms with Gasteiger partial charge in [0.25, 0.3) is 11.8 Å². The van der Waals surface area contributed by atoms with Gasteiger partial charge in [0.15, 0.2) is 6.54 Å². The molecule has 3 rings (SSSR count). The second kappa shape index (κ2) is 10.0. The molecule has 0 atom stereocenters. The molecule has 0 aromatic heterocycles. The van der Waals surface area contributed by atoms with Crippen molar-refractivity contribution in [2.75, 3.05) is 43.4 Å². The third-order valence-electron chi connectivity index (χ3n) is 5.29. The normalized spacial score (nSPS) is 14.3. The maximum absolute atomic E-state index is 12.7. The largest absolute Gasteiger partial charge is 0.327 e. The molecule has 7 heteroatoms. The van der Waals surface area contributed by atoms with Gasteiger partial charge in [0.2, 0.25) is 5.91 Å². The predicted octanol–water partition coefficient (Wildman–Crippen LogP) is 1.19. The molecule has 1 saturated heterocycles. The van der Waals surface area contributed by atoms with Crippen LogP contribution < -0.4 is 15.5 Å². The van der Waals surface area contributed by atoms with E-state index in [0.717, 1.165) is 30.8 Å². The van der Waals surface area contributed by atoms with Crippen molar-refractivity contribution < 1.29 is 19.3 Å². The summed E-state index contributed by atoms with van der Waals surface area (Å²) < 4.78 is 0. The highest BCUT2D eigenvalue weighted by Gasteiger charge is 2.26. The van der Waals surface area contributed by atoms with Gasteiger partial charge in [-0.2, -0.15) is 0 Å². The number of para-hydroxylation sites is 1. The van der Waals surface area contributed by atoms with Crippen LogP contribution in [0.3, 0.4) is 0 Å². The van der Waals surface area contributed by atoms with Crippen LogP contribution in [0.5, 0.6) is 0 Å². The molecule has 0 aliphatic carbocycles. The van der Waals surface area contributed by atoms with Crippen LogP contribution in [0.1, 0.15) is 29.8 Å². The molecule has 7 nitrogen and oxygen atoms in total. The fraction of sp³-hybridized carbons (Fsp3) is 0.348. The van der Waals surface area contributed by atoms with Gasteiger partial charge in [0.05, 0.1) is 26.2 Å². The van der Waals surface area contributed by atoms with Crippen molar-refractivity contribution in [2.45, 2.75) is 20.3 Å². The first-order valence-corrected chi connectivity index (χ1v) is 10.3. The zero-order valence-electron chi connectivity index (χ0n) is 17.5. The third-order valence-corrected chi connectivity index (χ3v) is 5.29. The van der Waals surface area contributed by atoms with Gasteiger partial charge in [0, 0.05) is 23.9 Å². The van der Waals surface area contributed by atoms with Gasteiger partial charge < -0.3 is 20.4 Å². The van der Waals surface area contributed by atoms with Crippen molar-refractivity contribution in [2.24, 2.45) is 0 Å². The molecule has 3 N–H and O–H groups in total. The Bertz CT molecular complexity index is 903. The van der Waals surface area contributed by atoms with E-state index in [-0.39, 0.29) is 17.7 Å². The summed E-state index contributed by atoms with van der Waals surface area (Å²) in [4.78, 5) is 39.3. The summed E-state index contributed by atoms with van der Waals surface area (Å²) >= 11 is 0. The van der Waals surface area contributed by atoms with E-state index in [1.807, 2.05) is 29.2 Å². The SMILES string of the molecule is CCc1ccccc1NC(=O)C[NH+]1CCN(C(=O)c2ccc(NC(C)=O)cc2)CC1. The smallest absolute Gasteiger partial charge is 0.279 e. The molecule has 1 heterocycles. The summed E-state index contributed by atoms with van der Waals surface area (Å²) in [5.41, 5.74) is 3.27. The Morgan fingerprint density at radius 1 is 0.967 bits per heavy atom. The number of carbonyl (C=O) groups is 3. The summed E-state index contributed by atoms with van der Waals surface area (Å²) in [5.74, 6) is -0.167. The lowest BCUT2D eigenvalue weighted by Gasteiger charge is -2.32. The number of amides is 3. The van der Waals surface area contributed by atoms with E-state index in [1.54, 1.807) is 24.3 Å². The molecule has 1 aliphatic rings. The number of aryl methyl sites for hydroxylation is 1. The van der Waals surface area contributed by atoms with Crippen LogP contribution >= 0.6 is 0 Å². The number of benzene rings is 2. The Labute approximate surface area is 177 Å². The van der Waals surface area contributed by atoms with Crippen molar-refractivity contribution in [1.29, 1.82) is 0 Å². The number of piperazine rings is 1. The average Bonchev–Trinajstić information content (AvgIpc) is 2.74. The molecule has 0 bridgehead atoms. The maximum atomic E-state index is 12.7. The van der Waals surface area contributed by atoms with Crippen molar-refractivity contribution in [3.05, 3.63) is 59.7 Å². The molecule has 0 unspecified atom stereocenters. The molecule has 0 radical (unpaired) electrons. The number of anilines is 2.